The van der Waals surface area contributed by atoms with Gasteiger partial charge in [0.15, 0.2) is 0 Å². The van der Waals surface area contributed by atoms with Crippen LogP contribution in [0.4, 0.5) is 11.8 Å². The first-order valence-electron chi connectivity index (χ1n) is 11.9. The van der Waals surface area contributed by atoms with E-state index < -0.39 is 0 Å². The second-order valence-corrected chi connectivity index (χ2v) is 9.47. The highest BCUT2D eigenvalue weighted by Crippen LogP contribution is 2.28. The minimum absolute atomic E-state index is 0.129. The van der Waals surface area contributed by atoms with Crippen molar-refractivity contribution < 1.29 is 9.59 Å². The van der Waals surface area contributed by atoms with E-state index in [0.29, 0.717) is 13.1 Å². The van der Waals surface area contributed by atoms with Gasteiger partial charge in [-0.25, -0.2) is 4.98 Å². The number of nitrogens with zero attached hydrogens (tertiary/aromatic N) is 8. The Hall–Kier alpha value is -2.98. The van der Waals surface area contributed by atoms with Gasteiger partial charge in [0.25, 0.3) is 0 Å². The summed E-state index contributed by atoms with van der Waals surface area (Å²) in [7, 11) is 7.19. The van der Waals surface area contributed by atoms with Gasteiger partial charge in [0, 0.05) is 85.9 Å². The van der Waals surface area contributed by atoms with Crippen LogP contribution in [0, 0.1) is 0 Å². The first-order chi connectivity index (χ1) is 16.3. The molecule has 0 radical (unpaired) electrons. The van der Waals surface area contributed by atoms with Crippen LogP contribution in [0.5, 0.6) is 0 Å². The maximum atomic E-state index is 12.1. The lowest BCUT2D eigenvalue weighted by atomic mass is 10.2. The van der Waals surface area contributed by atoms with E-state index in [1.165, 1.54) is 0 Å². The van der Waals surface area contributed by atoms with Crippen LogP contribution >= 0.6 is 0 Å². The molecule has 0 bridgehead atoms. The number of rotatable bonds is 6. The lowest BCUT2D eigenvalue weighted by molar-refractivity contribution is -0.130. The fourth-order valence-corrected chi connectivity index (χ4v) is 4.32. The van der Waals surface area contributed by atoms with Gasteiger partial charge in [0.1, 0.15) is 5.82 Å². The van der Waals surface area contributed by atoms with Gasteiger partial charge in [0.05, 0.1) is 18.6 Å². The van der Waals surface area contributed by atoms with Gasteiger partial charge in [-0.1, -0.05) is 12.1 Å². The van der Waals surface area contributed by atoms with Crippen molar-refractivity contribution in [2.75, 3.05) is 103 Å². The van der Waals surface area contributed by atoms with Crippen molar-refractivity contribution in [3.8, 4) is 0 Å². The fourth-order valence-electron chi connectivity index (χ4n) is 4.32. The maximum Gasteiger partial charge on any atom is 0.236 e. The number of fused-ring (bicyclic) bond motifs is 1. The van der Waals surface area contributed by atoms with Crippen LogP contribution in [0.25, 0.3) is 10.9 Å². The van der Waals surface area contributed by atoms with Crippen molar-refractivity contribution in [3.63, 3.8) is 0 Å². The number of hydrogen-bond acceptors (Lipinski definition) is 8. The largest absolute Gasteiger partial charge is 0.353 e. The molecule has 184 valence electrons. The summed E-state index contributed by atoms with van der Waals surface area (Å²) in [4.78, 5) is 46.3. The number of piperazine rings is 2. The molecule has 0 saturated carbocycles. The van der Waals surface area contributed by atoms with Gasteiger partial charge in [-0.3, -0.25) is 19.4 Å². The van der Waals surface area contributed by atoms with Crippen LogP contribution in [0.1, 0.15) is 0 Å². The minimum Gasteiger partial charge on any atom is -0.353 e. The molecule has 0 N–H and O–H groups in total. The molecule has 0 spiro atoms. The molecule has 0 atom stereocenters. The summed E-state index contributed by atoms with van der Waals surface area (Å²) >= 11 is 0. The SMILES string of the molecule is CN(C)C(=O)CN1CCN(c2nc(N3CCN(CC(=O)N(C)C)CC3)c3ccccc3n2)CC1. The number of amides is 2. The van der Waals surface area contributed by atoms with Crippen molar-refractivity contribution in [2.45, 2.75) is 0 Å². The Bertz CT molecular complexity index is 1010. The second-order valence-electron chi connectivity index (χ2n) is 9.47. The number of likely N-dealkylation sites (N-methyl/N-ethyl adjacent to an activating group) is 2. The predicted molar refractivity (Wildman–Crippen MR) is 134 cm³/mol. The zero-order valence-electron chi connectivity index (χ0n) is 20.8. The number of para-hydroxylation sites is 1. The summed E-state index contributed by atoms with van der Waals surface area (Å²) in [5.41, 5.74) is 0.943. The Balaban J connectivity index is 1.47. The molecule has 1 aromatic heterocycles. The van der Waals surface area contributed by atoms with Gasteiger partial charge in [-0.05, 0) is 12.1 Å². The van der Waals surface area contributed by atoms with E-state index in [-0.39, 0.29) is 11.8 Å². The Kier molecular flexibility index (Phi) is 7.47. The van der Waals surface area contributed by atoms with Crippen molar-refractivity contribution in [3.05, 3.63) is 24.3 Å². The molecule has 10 nitrogen and oxygen atoms in total. The summed E-state index contributed by atoms with van der Waals surface area (Å²) in [6.45, 7) is 7.40. The average Bonchev–Trinajstić information content (AvgIpc) is 2.84. The zero-order valence-corrected chi connectivity index (χ0v) is 20.8. The summed E-state index contributed by atoms with van der Waals surface area (Å²) in [5.74, 6) is 1.97. The van der Waals surface area contributed by atoms with E-state index in [2.05, 4.69) is 25.7 Å². The smallest absolute Gasteiger partial charge is 0.236 e. The van der Waals surface area contributed by atoms with Gasteiger partial charge in [-0.15, -0.1) is 0 Å². The molecule has 34 heavy (non-hydrogen) atoms. The third-order valence-electron chi connectivity index (χ3n) is 6.61. The summed E-state index contributed by atoms with van der Waals surface area (Å²) in [5, 5.41) is 1.05. The molecule has 0 unspecified atom stereocenters. The average molecular weight is 469 g/mol. The van der Waals surface area contributed by atoms with E-state index >= 15 is 0 Å². The first kappa shape index (κ1) is 24.2. The molecule has 2 aliphatic rings. The molecule has 2 aromatic rings. The molecule has 4 rings (SSSR count). The topological polar surface area (TPSA) is 79.4 Å². The molecule has 2 amide bonds. The van der Waals surface area contributed by atoms with Gasteiger partial charge < -0.3 is 19.6 Å². The molecular weight excluding hydrogens is 432 g/mol. The predicted octanol–water partition coefficient (Wildman–Crippen LogP) is 0.0502. The van der Waals surface area contributed by atoms with Gasteiger partial charge in [0.2, 0.25) is 17.8 Å². The molecule has 3 heterocycles. The molecule has 2 aliphatic heterocycles. The number of carbonyl (C=O) groups is 2. The summed E-state index contributed by atoms with van der Waals surface area (Å²) in [6.07, 6.45) is 0. The van der Waals surface area contributed by atoms with Crippen molar-refractivity contribution >= 4 is 34.5 Å². The number of anilines is 2. The van der Waals surface area contributed by atoms with E-state index in [0.717, 1.165) is 75.0 Å². The quantitative estimate of drug-likeness (QED) is 0.589. The zero-order chi connectivity index (χ0) is 24.2. The lowest BCUT2D eigenvalue weighted by Gasteiger charge is -2.37. The Morgan fingerprint density at radius 1 is 0.735 bits per heavy atom. The highest BCUT2D eigenvalue weighted by atomic mass is 16.2. The number of carbonyl (C=O) groups excluding carboxylic acids is 2. The number of benzene rings is 1. The molecule has 10 heteroatoms. The van der Waals surface area contributed by atoms with E-state index in [1.54, 1.807) is 38.0 Å². The van der Waals surface area contributed by atoms with Crippen molar-refractivity contribution in [2.24, 2.45) is 0 Å². The standard InChI is InChI=1S/C24H36N8O2/c1-27(2)21(33)17-29-9-13-31(14-10-29)23-19-7-5-6-8-20(19)25-24(26-23)32-15-11-30(12-16-32)18-22(34)28(3)4/h5-8H,9-18H2,1-4H3. The van der Waals surface area contributed by atoms with Crippen molar-refractivity contribution in [1.29, 1.82) is 0 Å². The second kappa shape index (κ2) is 10.5. The highest BCUT2D eigenvalue weighted by molar-refractivity contribution is 5.90. The lowest BCUT2D eigenvalue weighted by Crippen LogP contribution is -2.50. The Morgan fingerprint density at radius 3 is 1.76 bits per heavy atom. The summed E-state index contributed by atoms with van der Waals surface area (Å²) in [6, 6.07) is 8.17. The van der Waals surface area contributed by atoms with Crippen LogP contribution in [0.3, 0.4) is 0 Å². The van der Waals surface area contributed by atoms with E-state index in [1.807, 2.05) is 18.2 Å². The van der Waals surface area contributed by atoms with Crippen LogP contribution in [0.15, 0.2) is 24.3 Å². The summed E-state index contributed by atoms with van der Waals surface area (Å²) < 4.78 is 0. The normalized spacial score (nSPS) is 17.8. The number of hydrogen-bond donors (Lipinski definition) is 0. The molecule has 2 fully saturated rings. The van der Waals surface area contributed by atoms with Crippen LogP contribution in [-0.4, -0.2) is 135 Å². The maximum absolute atomic E-state index is 12.1. The van der Waals surface area contributed by atoms with Gasteiger partial charge >= 0.3 is 0 Å². The molecule has 1 aromatic carbocycles. The van der Waals surface area contributed by atoms with Gasteiger partial charge in [-0.2, -0.15) is 4.98 Å². The first-order valence-corrected chi connectivity index (χ1v) is 11.9. The van der Waals surface area contributed by atoms with E-state index in [9.17, 15) is 9.59 Å². The van der Waals surface area contributed by atoms with Crippen LogP contribution < -0.4 is 9.80 Å². The minimum atomic E-state index is 0.129. The van der Waals surface area contributed by atoms with Crippen molar-refractivity contribution in [1.82, 2.24) is 29.6 Å². The monoisotopic (exact) mass is 468 g/mol. The number of aromatic nitrogens is 2. The third kappa shape index (κ3) is 5.56. The van der Waals surface area contributed by atoms with E-state index in [4.69, 9.17) is 9.97 Å². The van der Waals surface area contributed by atoms with Crippen LogP contribution in [-0.2, 0) is 9.59 Å². The third-order valence-corrected chi connectivity index (χ3v) is 6.61. The molecule has 0 aliphatic carbocycles. The Morgan fingerprint density at radius 2 is 1.24 bits per heavy atom. The molecular formula is C24H36N8O2. The highest BCUT2D eigenvalue weighted by Gasteiger charge is 2.25. The van der Waals surface area contributed by atoms with Crippen LogP contribution in [0.2, 0.25) is 0 Å². The fraction of sp³-hybridized carbons (Fsp3) is 0.583. The molecule has 2 saturated heterocycles. The Labute approximate surface area is 201 Å².